The molecule has 12 heteroatoms. The number of carbonyl (C=O) groups is 2. The largest absolute Gasteiger partial charge is 0.487 e. The highest BCUT2D eigenvalue weighted by Crippen LogP contribution is 2.29. The zero-order valence-electron chi connectivity index (χ0n) is 23.1. The van der Waals surface area contributed by atoms with Gasteiger partial charge in [-0.05, 0) is 45.0 Å². The molecule has 4 aromatic rings. The molecule has 2 atom stereocenters. The first-order valence-electron chi connectivity index (χ1n) is 13.2. The summed E-state index contributed by atoms with van der Waals surface area (Å²) in [5.74, 6) is -2.03. The van der Waals surface area contributed by atoms with Gasteiger partial charge >= 0.3 is 0 Å². The van der Waals surface area contributed by atoms with Crippen molar-refractivity contribution >= 4 is 23.3 Å². The van der Waals surface area contributed by atoms with E-state index in [2.05, 4.69) is 25.7 Å². The van der Waals surface area contributed by atoms with Gasteiger partial charge in [-0.15, -0.1) is 0 Å². The van der Waals surface area contributed by atoms with E-state index in [1.807, 2.05) is 13.8 Å². The van der Waals surface area contributed by atoms with Crippen molar-refractivity contribution in [1.82, 2.24) is 24.9 Å². The third-order valence-electron chi connectivity index (χ3n) is 6.79. The van der Waals surface area contributed by atoms with Gasteiger partial charge in [0.15, 0.2) is 23.0 Å². The molecule has 4 heterocycles. The fourth-order valence-electron chi connectivity index (χ4n) is 4.86. The third-order valence-corrected chi connectivity index (χ3v) is 6.79. The molecule has 1 aliphatic heterocycles. The number of nitrogens with one attached hydrogen (secondary N) is 2. The number of benzene rings is 1. The van der Waals surface area contributed by atoms with Crippen LogP contribution in [0.3, 0.4) is 0 Å². The van der Waals surface area contributed by atoms with Crippen LogP contribution in [0.15, 0.2) is 36.5 Å². The second-order valence-electron chi connectivity index (χ2n) is 10.1. The van der Waals surface area contributed by atoms with Crippen LogP contribution in [-0.4, -0.2) is 50.2 Å². The fraction of sp³-hybridized carbons (Fsp3) is 0.345. The lowest BCUT2D eigenvalue weighted by atomic mass is 10.0. The average Bonchev–Trinajstić information content (AvgIpc) is 3.30. The molecule has 0 aliphatic carbocycles. The molecule has 10 nitrogen and oxygen atoms in total. The van der Waals surface area contributed by atoms with Crippen LogP contribution in [0.1, 0.15) is 54.0 Å². The smallest absolute Gasteiger partial charge is 0.253 e. The van der Waals surface area contributed by atoms with E-state index in [0.29, 0.717) is 53.6 Å². The second-order valence-corrected chi connectivity index (χ2v) is 10.1. The maximum absolute atomic E-state index is 14.8. The number of imidazole rings is 1. The molecule has 3 aromatic heterocycles. The van der Waals surface area contributed by atoms with Crippen LogP contribution >= 0.6 is 0 Å². The van der Waals surface area contributed by atoms with Crippen molar-refractivity contribution in [3.8, 4) is 17.0 Å². The third kappa shape index (κ3) is 6.32. The lowest BCUT2D eigenvalue weighted by Gasteiger charge is -2.28. The topological polar surface area (TPSA) is 120 Å². The van der Waals surface area contributed by atoms with Crippen LogP contribution in [0, 0.1) is 25.5 Å². The number of fused-ring (bicyclic) bond motifs is 1. The van der Waals surface area contributed by atoms with Crippen molar-refractivity contribution in [2.45, 2.75) is 59.3 Å². The van der Waals surface area contributed by atoms with Gasteiger partial charge in [-0.2, -0.15) is 5.10 Å². The summed E-state index contributed by atoms with van der Waals surface area (Å²) in [7, 11) is 0. The molecule has 214 valence electrons. The molecule has 0 saturated carbocycles. The number of hydrogen-bond donors (Lipinski definition) is 2. The zero-order valence-corrected chi connectivity index (χ0v) is 23.1. The fourth-order valence-corrected chi connectivity index (χ4v) is 4.86. The Morgan fingerprint density at radius 2 is 1.95 bits per heavy atom. The Bertz CT molecular complexity index is 1640. The number of nitrogens with zero attached hydrogens (tertiary/aromatic N) is 4. The van der Waals surface area contributed by atoms with Crippen molar-refractivity contribution in [3.05, 3.63) is 70.7 Å². The summed E-state index contributed by atoms with van der Waals surface area (Å²) in [5, 5.41) is 9.95. The summed E-state index contributed by atoms with van der Waals surface area (Å²) < 4.78 is 41.9. The number of pyridine rings is 1. The molecule has 1 fully saturated rings. The molecule has 1 aliphatic rings. The van der Waals surface area contributed by atoms with Crippen molar-refractivity contribution in [1.29, 1.82) is 0 Å². The molecule has 41 heavy (non-hydrogen) atoms. The van der Waals surface area contributed by atoms with E-state index >= 15 is 0 Å². The number of hydrogen-bond acceptors (Lipinski definition) is 7. The maximum Gasteiger partial charge on any atom is 0.253 e. The first-order valence-corrected chi connectivity index (χ1v) is 13.2. The van der Waals surface area contributed by atoms with E-state index in [1.165, 1.54) is 11.4 Å². The second kappa shape index (κ2) is 11.6. The van der Waals surface area contributed by atoms with Crippen molar-refractivity contribution < 1.29 is 27.8 Å². The minimum atomic E-state index is -0.827. The molecule has 5 rings (SSSR count). The molecule has 1 aromatic carbocycles. The standard InChI is InChI=1S/C29H30F2N6O4/c1-15-9-21(7-8-40-15)41-28-19(10-20(30)11-24(28)31)13-32-29(39)23-12-22(16(2)33-17(23)3)25-5-6-27-35-26(34-18(4)38)14-37(27)36-25/h5-6,10-12,14-15,21H,7-9,13H2,1-4H3,(H,32,39)(H,34,38). The normalized spacial score (nSPS) is 16.9. The van der Waals surface area contributed by atoms with E-state index in [-0.39, 0.29) is 41.5 Å². The Morgan fingerprint density at radius 1 is 1.15 bits per heavy atom. The molecule has 0 bridgehead atoms. The van der Waals surface area contributed by atoms with Crippen LogP contribution in [0.5, 0.6) is 5.75 Å². The van der Waals surface area contributed by atoms with Crippen LogP contribution < -0.4 is 15.4 Å². The van der Waals surface area contributed by atoms with Gasteiger partial charge in [0.2, 0.25) is 5.91 Å². The number of anilines is 1. The van der Waals surface area contributed by atoms with Gasteiger partial charge in [-0.25, -0.2) is 18.3 Å². The summed E-state index contributed by atoms with van der Waals surface area (Å²) in [6.07, 6.45) is 2.43. The van der Waals surface area contributed by atoms with Gasteiger partial charge in [0.25, 0.3) is 5.91 Å². The monoisotopic (exact) mass is 564 g/mol. The predicted octanol–water partition coefficient (Wildman–Crippen LogP) is 4.52. The molecule has 1 saturated heterocycles. The van der Waals surface area contributed by atoms with Gasteiger partial charge in [0, 0.05) is 49.2 Å². The lowest BCUT2D eigenvalue weighted by Crippen LogP contribution is -2.32. The van der Waals surface area contributed by atoms with Gasteiger partial charge < -0.3 is 20.1 Å². The van der Waals surface area contributed by atoms with E-state index in [1.54, 1.807) is 31.3 Å². The first kappa shape index (κ1) is 28.1. The highest BCUT2D eigenvalue weighted by atomic mass is 19.1. The Hall–Kier alpha value is -4.45. The minimum Gasteiger partial charge on any atom is -0.487 e. The summed E-state index contributed by atoms with van der Waals surface area (Å²) in [4.78, 5) is 33.5. The Labute approximate surface area is 235 Å². The van der Waals surface area contributed by atoms with Crippen molar-refractivity contribution in [2.24, 2.45) is 0 Å². The summed E-state index contributed by atoms with van der Waals surface area (Å²) in [5.41, 5.74) is 3.30. The number of ether oxygens (including phenoxy) is 2. The van der Waals surface area contributed by atoms with Gasteiger partial charge in [-0.3, -0.25) is 14.6 Å². The molecular formula is C29H30F2N6O4. The van der Waals surface area contributed by atoms with Crippen LogP contribution in [0.4, 0.5) is 14.6 Å². The Kier molecular flexibility index (Phi) is 7.93. The Morgan fingerprint density at radius 3 is 2.71 bits per heavy atom. The molecule has 2 unspecified atom stereocenters. The number of carbonyl (C=O) groups excluding carboxylic acids is 2. The number of aryl methyl sites for hydroxylation is 2. The molecule has 0 radical (unpaired) electrons. The van der Waals surface area contributed by atoms with Gasteiger partial charge in [0.05, 0.1) is 35.9 Å². The lowest BCUT2D eigenvalue weighted by molar-refractivity contribution is -0.114. The minimum absolute atomic E-state index is 0.0325. The van der Waals surface area contributed by atoms with Crippen molar-refractivity contribution in [2.75, 3.05) is 11.9 Å². The zero-order chi connectivity index (χ0) is 29.3. The van der Waals surface area contributed by atoms with Crippen LogP contribution in [0.2, 0.25) is 0 Å². The number of aromatic nitrogens is 4. The summed E-state index contributed by atoms with van der Waals surface area (Å²) >= 11 is 0. The van der Waals surface area contributed by atoms with Gasteiger partial charge in [0.1, 0.15) is 11.9 Å². The van der Waals surface area contributed by atoms with Crippen LogP contribution in [-0.2, 0) is 16.1 Å². The van der Waals surface area contributed by atoms with Crippen molar-refractivity contribution in [3.63, 3.8) is 0 Å². The molecule has 0 spiro atoms. The Balaban J connectivity index is 1.38. The molecule has 2 amide bonds. The van der Waals surface area contributed by atoms with Gasteiger partial charge in [-0.1, -0.05) is 0 Å². The van der Waals surface area contributed by atoms with E-state index < -0.39 is 17.5 Å². The van der Waals surface area contributed by atoms with Crippen LogP contribution in [0.25, 0.3) is 16.9 Å². The maximum atomic E-state index is 14.8. The number of amides is 2. The summed E-state index contributed by atoms with van der Waals surface area (Å²) in [6.45, 7) is 7.15. The quantitative estimate of drug-likeness (QED) is 0.339. The van der Waals surface area contributed by atoms with E-state index in [9.17, 15) is 18.4 Å². The van der Waals surface area contributed by atoms with E-state index in [0.717, 1.165) is 12.1 Å². The average molecular weight is 565 g/mol. The van der Waals surface area contributed by atoms with E-state index in [4.69, 9.17) is 9.47 Å². The SMILES string of the molecule is CC(=O)Nc1cn2nc(-c3cc(C(=O)NCc4cc(F)cc(F)c4OC4CCOC(C)C4)c(C)nc3C)ccc2n1. The number of rotatable bonds is 7. The highest BCUT2D eigenvalue weighted by Gasteiger charge is 2.24. The molecule has 2 N–H and O–H groups in total. The molecular weight excluding hydrogens is 534 g/mol. The number of halogens is 2. The first-order chi connectivity index (χ1) is 19.6. The highest BCUT2D eigenvalue weighted by molar-refractivity contribution is 5.96. The predicted molar refractivity (Wildman–Crippen MR) is 147 cm³/mol. The summed E-state index contributed by atoms with van der Waals surface area (Å²) in [6, 6.07) is 7.10.